The van der Waals surface area contributed by atoms with Gasteiger partial charge in [-0.15, -0.1) is 0 Å². The number of hydrogen-bond donors (Lipinski definition) is 1. The molecule has 1 aromatic heterocycles. The summed E-state index contributed by atoms with van der Waals surface area (Å²) in [4.78, 5) is 9.19. The van der Waals surface area contributed by atoms with Gasteiger partial charge in [0.05, 0.1) is 0 Å². The van der Waals surface area contributed by atoms with Crippen LogP contribution < -0.4 is 10.2 Å². The number of halogens is 1. The van der Waals surface area contributed by atoms with Crippen molar-refractivity contribution in [2.45, 2.75) is 26.4 Å². The standard InChI is InChI=1S/C14H25BrN4/c1-6-19(11(2)10-18(4)5)14-12(8-16-3)7-13(15)9-17-14/h7,9,11,16H,6,8,10H2,1-5H3. The van der Waals surface area contributed by atoms with Gasteiger partial charge in [-0.1, -0.05) is 0 Å². The molecule has 1 heterocycles. The third-order valence-corrected chi connectivity index (χ3v) is 3.48. The van der Waals surface area contributed by atoms with E-state index in [4.69, 9.17) is 0 Å². The van der Waals surface area contributed by atoms with Gasteiger partial charge in [0.25, 0.3) is 0 Å². The van der Waals surface area contributed by atoms with Crippen molar-refractivity contribution in [3.63, 3.8) is 0 Å². The van der Waals surface area contributed by atoms with Gasteiger partial charge in [-0.2, -0.15) is 0 Å². The van der Waals surface area contributed by atoms with Crippen LogP contribution in [0.4, 0.5) is 5.82 Å². The van der Waals surface area contributed by atoms with Gasteiger partial charge in [-0.3, -0.25) is 0 Å². The predicted molar refractivity (Wildman–Crippen MR) is 85.7 cm³/mol. The maximum atomic E-state index is 4.62. The maximum Gasteiger partial charge on any atom is 0.133 e. The first kappa shape index (κ1) is 16.4. The average Bonchev–Trinajstić information content (AvgIpc) is 2.32. The molecule has 0 spiro atoms. The summed E-state index contributed by atoms with van der Waals surface area (Å²) in [6.45, 7) is 7.23. The van der Waals surface area contributed by atoms with E-state index < -0.39 is 0 Å². The van der Waals surface area contributed by atoms with E-state index in [1.54, 1.807) is 0 Å². The summed E-state index contributed by atoms with van der Waals surface area (Å²) in [6.07, 6.45) is 1.87. The fourth-order valence-electron chi connectivity index (χ4n) is 2.35. The van der Waals surface area contributed by atoms with Crippen LogP contribution in [0.2, 0.25) is 0 Å². The predicted octanol–water partition coefficient (Wildman–Crippen LogP) is 2.34. The van der Waals surface area contributed by atoms with Gasteiger partial charge in [0.15, 0.2) is 0 Å². The van der Waals surface area contributed by atoms with Crippen LogP contribution in [0.3, 0.4) is 0 Å². The van der Waals surface area contributed by atoms with Crippen LogP contribution in [-0.4, -0.2) is 50.2 Å². The molecule has 0 aromatic carbocycles. The second kappa shape index (κ2) is 7.82. The molecular formula is C14H25BrN4. The second-order valence-electron chi connectivity index (χ2n) is 5.06. The number of rotatable bonds is 7. The van der Waals surface area contributed by atoms with Gasteiger partial charge >= 0.3 is 0 Å². The molecule has 0 amide bonds. The third kappa shape index (κ3) is 4.75. The molecule has 0 bridgehead atoms. The first-order chi connectivity index (χ1) is 8.99. The summed E-state index contributed by atoms with van der Waals surface area (Å²) in [7, 11) is 6.17. The summed E-state index contributed by atoms with van der Waals surface area (Å²) in [6, 6.07) is 2.58. The number of hydrogen-bond acceptors (Lipinski definition) is 4. The SMILES string of the molecule is CCN(c1ncc(Br)cc1CNC)C(C)CN(C)C. The minimum atomic E-state index is 0.435. The molecule has 0 radical (unpaired) electrons. The highest BCUT2D eigenvalue weighted by molar-refractivity contribution is 9.10. The molecule has 1 unspecified atom stereocenters. The topological polar surface area (TPSA) is 31.4 Å². The third-order valence-electron chi connectivity index (χ3n) is 3.05. The van der Waals surface area contributed by atoms with E-state index in [1.165, 1.54) is 5.56 Å². The second-order valence-corrected chi connectivity index (χ2v) is 5.98. The zero-order chi connectivity index (χ0) is 14.4. The molecular weight excluding hydrogens is 304 g/mol. The molecule has 1 aromatic rings. The van der Waals surface area contributed by atoms with Gasteiger partial charge in [0.1, 0.15) is 5.82 Å². The van der Waals surface area contributed by atoms with Crippen molar-refractivity contribution in [2.24, 2.45) is 0 Å². The number of likely N-dealkylation sites (N-methyl/N-ethyl adjacent to an activating group) is 2. The molecule has 0 saturated carbocycles. The molecule has 108 valence electrons. The first-order valence-electron chi connectivity index (χ1n) is 6.70. The number of anilines is 1. The molecule has 0 saturated heterocycles. The van der Waals surface area contributed by atoms with Crippen LogP contribution in [0.5, 0.6) is 0 Å². The Morgan fingerprint density at radius 1 is 1.42 bits per heavy atom. The average molecular weight is 329 g/mol. The van der Waals surface area contributed by atoms with Crippen LogP contribution in [0.15, 0.2) is 16.7 Å². The normalized spacial score (nSPS) is 12.8. The Morgan fingerprint density at radius 3 is 2.63 bits per heavy atom. The highest BCUT2D eigenvalue weighted by Gasteiger charge is 2.18. The zero-order valence-electron chi connectivity index (χ0n) is 12.6. The molecule has 1 atom stereocenters. The van der Waals surface area contributed by atoms with E-state index >= 15 is 0 Å². The minimum Gasteiger partial charge on any atom is -0.353 e. The lowest BCUT2D eigenvalue weighted by Gasteiger charge is -2.32. The zero-order valence-corrected chi connectivity index (χ0v) is 14.2. The van der Waals surface area contributed by atoms with Gasteiger partial charge in [0, 0.05) is 41.9 Å². The van der Waals surface area contributed by atoms with Gasteiger partial charge < -0.3 is 15.1 Å². The van der Waals surface area contributed by atoms with Gasteiger partial charge in [0.2, 0.25) is 0 Å². The van der Waals surface area contributed by atoms with Crippen LogP contribution in [0.25, 0.3) is 0 Å². The molecule has 1 N–H and O–H groups in total. The fourth-order valence-corrected chi connectivity index (χ4v) is 2.73. The van der Waals surface area contributed by atoms with Crippen molar-refractivity contribution in [2.75, 3.05) is 39.1 Å². The Bertz CT molecular complexity index is 395. The van der Waals surface area contributed by atoms with E-state index in [-0.39, 0.29) is 0 Å². The minimum absolute atomic E-state index is 0.435. The van der Waals surface area contributed by atoms with E-state index in [0.717, 1.165) is 29.9 Å². The largest absolute Gasteiger partial charge is 0.353 e. The number of aromatic nitrogens is 1. The highest BCUT2D eigenvalue weighted by Crippen LogP contribution is 2.23. The number of nitrogens with one attached hydrogen (secondary N) is 1. The van der Waals surface area contributed by atoms with Crippen LogP contribution in [0, 0.1) is 0 Å². The maximum absolute atomic E-state index is 4.62. The Balaban J connectivity index is 3.02. The van der Waals surface area contributed by atoms with E-state index in [1.807, 2.05) is 13.2 Å². The Kier molecular flexibility index (Phi) is 6.75. The van der Waals surface area contributed by atoms with Crippen molar-refractivity contribution in [3.05, 3.63) is 22.3 Å². The molecule has 1 rings (SSSR count). The fraction of sp³-hybridized carbons (Fsp3) is 0.643. The Hall–Kier alpha value is -0.650. The smallest absolute Gasteiger partial charge is 0.133 e. The van der Waals surface area contributed by atoms with E-state index in [2.05, 4.69) is 70.0 Å². The molecule has 0 aliphatic carbocycles. The summed E-state index contributed by atoms with van der Waals surface area (Å²) >= 11 is 3.50. The van der Waals surface area contributed by atoms with E-state index in [9.17, 15) is 0 Å². The van der Waals surface area contributed by atoms with Crippen molar-refractivity contribution < 1.29 is 0 Å². The van der Waals surface area contributed by atoms with Crippen LogP contribution >= 0.6 is 15.9 Å². The van der Waals surface area contributed by atoms with Crippen molar-refractivity contribution in [1.82, 2.24) is 15.2 Å². The molecule has 0 fully saturated rings. The molecule has 0 aliphatic rings. The lowest BCUT2D eigenvalue weighted by atomic mass is 10.2. The van der Waals surface area contributed by atoms with Crippen molar-refractivity contribution in [3.8, 4) is 0 Å². The molecule has 19 heavy (non-hydrogen) atoms. The first-order valence-corrected chi connectivity index (χ1v) is 7.49. The van der Waals surface area contributed by atoms with Crippen LogP contribution in [-0.2, 0) is 6.54 Å². The summed E-state index contributed by atoms with van der Waals surface area (Å²) in [5.41, 5.74) is 1.23. The molecule has 4 nitrogen and oxygen atoms in total. The number of pyridine rings is 1. The Labute approximate surface area is 125 Å². The summed E-state index contributed by atoms with van der Waals surface area (Å²) < 4.78 is 1.03. The quantitative estimate of drug-likeness (QED) is 0.832. The van der Waals surface area contributed by atoms with Crippen LogP contribution in [0.1, 0.15) is 19.4 Å². The van der Waals surface area contributed by atoms with E-state index in [0.29, 0.717) is 6.04 Å². The summed E-state index contributed by atoms with van der Waals surface area (Å²) in [5.74, 6) is 1.08. The lowest BCUT2D eigenvalue weighted by molar-refractivity contribution is 0.372. The highest BCUT2D eigenvalue weighted by atomic mass is 79.9. The lowest BCUT2D eigenvalue weighted by Crippen LogP contribution is -2.41. The van der Waals surface area contributed by atoms with Gasteiger partial charge in [-0.25, -0.2) is 4.98 Å². The molecule has 0 aliphatic heterocycles. The van der Waals surface area contributed by atoms with Gasteiger partial charge in [-0.05, 0) is 57.0 Å². The molecule has 5 heteroatoms. The summed E-state index contributed by atoms with van der Waals surface area (Å²) in [5, 5.41) is 3.21. The number of nitrogens with zero attached hydrogens (tertiary/aromatic N) is 3. The van der Waals surface area contributed by atoms with Crippen molar-refractivity contribution in [1.29, 1.82) is 0 Å². The van der Waals surface area contributed by atoms with Crippen molar-refractivity contribution >= 4 is 21.7 Å². The Morgan fingerprint density at radius 2 is 2.11 bits per heavy atom. The monoisotopic (exact) mass is 328 g/mol.